The summed E-state index contributed by atoms with van der Waals surface area (Å²) in [5, 5.41) is 3.31. The van der Waals surface area contributed by atoms with Crippen LogP contribution in [-0.4, -0.2) is 46.4 Å². The Morgan fingerprint density at radius 1 is 1.13 bits per heavy atom. The number of sulfonamides is 1. The molecule has 0 radical (unpaired) electrons. The van der Waals surface area contributed by atoms with Gasteiger partial charge in [0.15, 0.2) is 0 Å². The number of carbonyl (C=O) groups is 1. The molecule has 0 aliphatic heterocycles. The van der Waals surface area contributed by atoms with E-state index >= 15 is 0 Å². The minimum atomic E-state index is -3.68. The largest absolute Gasteiger partial charge is 0.494 e. The summed E-state index contributed by atoms with van der Waals surface area (Å²) >= 11 is 6.06. The van der Waals surface area contributed by atoms with E-state index in [2.05, 4.69) is 5.32 Å². The first-order valence-corrected chi connectivity index (χ1v) is 11.7. The molecule has 9 heteroatoms. The lowest BCUT2D eigenvalue weighted by atomic mass is 10.2. The zero-order valence-electron chi connectivity index (χ0n) is 17.5. The van der Waals surface area contributed by atoms with Crippen molar-refractivity contribution in [1.29, 1.82) is 0 Å². The van der Waals surface area contributed by atoms with Gasteiger partial charge in [0.1, 0.15) is 24.1 Å². The highest BCUT2D eigenvalue weighted by Gasteiger charge is 2.28. The van der Waals surface area contributed by atoms with Crippen LogP contribution in [0.4, 0.5) is 5.69 Å². The van der Waals surface area contributed by atoms with E-state index < -0.39 is 22.0 Å². The second-order valence-electron chi connectivity index (χ2n) is 6.71. The van der Waals surface area contributed by atoms with Gasteiger partial charge in [-0.2, -0.15) is 0 Å². The van der Waals surface area contributed by atoms with Crippen LogP contribution >= 0.6 is 11.6 Å². The van der Waals surface area contributed by atoms with E-state index in [1.807, 2.05) is 19.9 Å². The molecular weight excluding hydrogens is 428 g/mol. The molecule has 0 fully saturated rings. The van der Waals surface area contributed by atoms with Crippen LogP contribution in [0.3, 0.4) is 0 Å². The second kappa shape index (κ2) is 10.5. The van der Waals surface area contributed by atoms with Crippen molar-refractivity contribution in [3.8, 4) is 11.5 Å². The minimum absolute atomic E-state index is 0.218. The first-order chi connectivity index (χ1) is 14.1. The fourth-order valence-corrected chi connectivity index (χ4v) is 4.16. The van der Waals surface area contributed by atoms with E-state index in [4.69, 9.17) is 21.1 Å². The van der Waals surface area contributed by atoms with Crippen molar-refractivity contribution in [2.45, 2.75) is 26.8 Å². The van der Waals surface area contributed by atoms with E-state index in [9.17, 15) is 13.2 Å². The number of halogens is 1. The molecule has 7 nitrogen and oxygen atoms in total. The molecule has 0 unspecified atom stereocenters. The SMILES string of the molecule is CCOc1ccc(N([C@@H](C)C(=O)NCCOc2ccc(C)c(Cl)c2)S(C)(=O)=O)cc1. The lowest BCUT2D eigenvalue weighted by molar-refractivity contribution is -0.121. The lowest BCUT2D eigenvalue weighted by Crippen LogP contribution is -2.48. The summed E-state index contributed by atoms with van der Waals surface area (Å²) in [6, 6.07) is 11.0. The smallest absolute Gasteiger partial charge is 0.243 e. The summed E-state index contributed by atoms with van der Waals surface area (Å²) in [6.07, 6.45) is 1.07. The monoisotopic (exact) mass is 454 g/mol. The Balaban J connectivity index is 1.98. The van der Waals surface area contributed by atoms with Gasteiger partial charge in [-0.05, 0) is 62.7 Å². The number of nitrogens with one attached hydrogen (secondary N) is 1. The molecule has 1 atom stereocenters. The Kier molecular flexibility index (Phi) is 8.37. The molecule has 30 heavy (non-hydrogen) atoms. The lowest BCUT2D eigenvalue weighted by Gasteiger charge is -2.28. The number of aryl methyl sites for hydroxylation is 1. The highest BCUT2D eigenvalue weighted by molar-refractivity contribution is 7.92. The number of hydrogen-bond acceptors (Lipinski definition) is 5. The molecule has 2 aromatic carbocycles. The molecule has 0 spiro atoms. The number of benzene rings is 2. The molecule has 2 rings (SSSR count). The third kappa shape index (κ3) is 6.53. The van der Waals surface area contributed by atoms with Crippen LogP contribution in [0, 0.1) is 6.92 Å². The maximum Gasteiger partial charge on any atom is 0.243 e. The minimum Gasteiger partial charge on any atom is -0.494 e. The second-order valence-corrected chi connectivity index (χ2v) is 8.98. The Morgan fingerprint density at radius 3 is 2.33 bits per heavy atom. The fraction of sp³-hybridized carbons (Fsp3) is 0.381. The van der Waals surface area contributed by atoms with E-state index in [1.54, 1.807) is 36.4 Å². The van der Waals surface area contributed by atoms with Gasteiger partial charge in [0, 0.05) is 5.02 Å². The number of hydrogen-bond donors (Lipinski definition) is 1. The van der Waals surface area contributed by atoms with Gasteiger partial charge < -0.3 is 14.8 Å². The predicted molar refractivity (Wildman–Crippen MR) is 119 cm³/mol. The van der Waals surface area contributed by atoms with Crippen molar-refractivity contribution in [1.82, 2.24) is 5.32 Å². The number of rotatable bonds is 10. The van der Waals surface area contributed by atoms with Crippen molar-refractivity contribution in [2.24, 2.45) is 0 Å². The average Bonchev–Trinajstić information content (AvgIpc) is 2.68. The van der Waals surface area contributed by atoms with E-state index in [0.29, 0.717) is 28.8 Å². The average molecular weight is 455 g/mol. The molecule has 2 aromatic rings. The number of carbonyl (C=O) groups excluding carboxylic acids is 1. The quantitative estimate of drug-likeness (QED) is 0.556. The Morgan fingerprint density at radius 2 is 1.77 bits per heavy atom. The standard InChI is InChI=1S/C21H27ClN2O5S/c1-5-28-18-10-7-17(8-11-18)24(30(4,26)27)16(3)21(25)23-12-13-29-19-9-6-15(2)20(22)14-19/h6-11,14,16H,5,12-13H2,1-4H3,(H,23,25)/t16-/m0/s1. The third-order valence-corrected chi connectivity index (χ3v) is 5.95. The van der Waals surface area contributed by atoms with Crippen LogP contribution in [0.25, 0.3) is 0 Å². The van der Waals surface area contributed by atoms with Crippen LogP contribution in [0.5, 0.6) is 11.5 Å². The zero-order chi connectivity index (χ0) is 22.3. The first-order valence-electron chi connectivity index (χ1n) is 9.52. The molecule has 1 N–H and O–H groups in total. The summed E-state index contributed by atoms with van der Waals surface area (Å²) in [5.74, 6) is 0.792. The van der Waals surface area contributed by atoms with Crippen LogP contribution < -0.4 is 19.1 Å². The molecule has 0 aromatic heterocycles. The molecular formula is C21H27ClN2O5S. The van der Waals surface area contributed by atoms with Crippen molar-refractivity contribution in [3.05, 3.63) is 53.1 Å². The first kappa shape index (κ1) is 23.8. The van der Waals surface area contributed by atoms with Crippen LogP contribution in [0.15, 0.2) is 42.5 Å². The maximum atomic E-state index is 12.6. The highest BCUT2D eigenvalue weighted by Crippen LogP contribution is 2.24. The van der Waals surface area contributed by atoms with Crippen LogP contribution in [0.1, 0.15) is 19.4 Å². The Hall–Kier alpha value is -2.45. The number of ether oxygens (including phenoxy) is 2. The van der Waals surface area contributed by atoms with Gasteiger partial charge in [0.05, 0.1) is 25.1 Å². The van der Waals surface area contributed by atoms with Crippen molar-refractivity contribution in [3.63, 3.8) is 0 Å². The van der Waals surface area contributed by atoms with Crippen molar-refractivity contribution in [2.75, 3.05) is 30.3 Å². The number of amides is 1. The number of anilines is 1. The zero-order valence-corrected chi connectivity index (χ0v) is 19.1. The molecule has 0 heterocycles. The van der Waals surface area contributed by atoms with Crippen molar-refractivity contribution < 1.29 is 22.7 Å². The van der Waals surface area contributed by atoms with Crippen LogP contribution in [0.2, 0.25) is 5.02 Å². The van der Waals surface area contributed by atoms with E-state index in [0.717, 1.165) is 16.1 Å². The summed E-state index contributed by atoms with van der Waals surface area (Å²) in [6.45, 7) is 6.24. The molecule has 164 valence electrons. The van der Waals surface area contributed by atoms with E-state index in [-0.39, 0.29) is 13.2 Å². The predicted octanol–water partition coefficient (Wildman–Crippen LogP) is 3.40. The maximum absolute atomic E-state index is 12.6. The van der Waals surface area contributed by atoms with Gasteiger partial charge in [-0.3, -0.25) is 9.10 Å². The van der Waals surface area contributed by atoms with Crippen LogP contribution in [-0.2, 0) is 14.8 Å². The molecule has 0 saturated heterocycles. The summed E-state index contributed by atoms with van der Waals surface area (Å²) in [5.41, 5.74) is 1.33. The third-order valence-electron chi connectivity index (χ3n) is 4.30. The van der Waals surface area contributed by atoms with Gasteiger partial charge >= 0.3 is 0 Å². The summed E-state index contributed by atoms with van der Waals surface area (Å²) < 4.78 is 36.7. The topological polar surface area (TPSA) is 84.9 Å². The molecule has 0 bridgehead atoms. The normalized spacial score (nSPS) is 12.2. The molecule has 0 aliphatic carbocycles. The molecule has 0 saturated carbocycles. The van der Waals surface area contributed by atoms with Gasteiger partial charge in [-0.25, -0.2) is 8.42 Å². The molecule has 1 amide bonds. The van der Waals surface area contributed by atoms with Gasteiger partial charge in [-0.15, -0.1) is 0 Å². The van der Waals surface area contributed by atoms with Gasteiger partial charge in [-0.1, -0.05) is 17.7 Å². The Labute approximate surface area is 183 Å². The summed E-state index contributed by atoms with van der Waals surface area (Å²) in [7, 11) is -3.68. The highest BCUT2D eigenvalue weighted by atomic mass is 35.5. The van der Waals surface area contributed by atoms with Gasteiger partial charge in [0.25, 0.3) is 0 Å². The van der Waals surface area contributed by atoms with Crippen molar-refractivity contribution >= 4 is 33.2 Å². The Bertz CT molecular complexity index is 964. The van der Waals surface area contributed by atoms with Gasteiger partial charge in [0.2, 0.25) is 15.9 Å². The number of nitrogens with zero attached hydrogens (tertiary/aromatic N) is 1. The fourth-order valence-electron chi connectivity index (χ4n) is 2.82. The summed E-state index contributed by atoms with van der Waals surface area (Å²) in [4.78, 5) is 12.6. The van der Waals surface area contributed by atoms with E-state index in [1.165, 1.54) is 6.92 Å². The molecule has 0 aliphatic rings.